The van der Waals surface area contributed by atoms with E-state index in [2.05, 4.69) is 15.1 Å². The van der Waals surface area contributed by atoms with Crippen molar-refractivity contribution in [2.45, 2.75) is 12.8 Å². The second-order valence-corrected chi connectivity index (χ2v) is 3.98. The fourth-order valence-corrected chi connectivity index (χ4v) is 2.28. The van der Waals surface area contributed by atoms with Gasteiger partial charge in [-0.15, -0.1) is 0 Å². The number of carbonyl (C=O) groups is 1. The van der Waals surface area contributed by atoms with Crippen LogP contribution in [0.15, 0.2) is 12.5 Å². The standard InChI is InChI=1S/C11H10N4O2.K/c1-15-10-7(9(14-15)11(16)17)3-2-6-4-12-5-13-8(6)10;/h4-5H,2-3H2,1H3,(H,16,17);/q;+1/p-1. The molecule has 0 fully saturated rings. The van der Waals surface area contributed by atoms with Crippen molar-refractivity contribution >= 4 is 5.97 Å². The minimum atomic E-state index is -1.24. The summed E-state index contributed by atoms with van der Waals surface area (Å²) in [6.07, 6.45) is 4.58. The zero-order valence-corrected chi connectivity index (χ0v) is 13.3. The number of aryl methyl sites for hydroxylation is 2. The van der Waals surface area contributed by atoms with Gasteiger partial charge in [-0.05, 0) is 18.4 Å². The number of aromatic carboxylic acids is 1. The minimum Gasteiger partial charge on any atom is -0.543 e. The summed E-state index contributed by atoms with van der Waals surface area (Å²) >= 11 is 0. The summed E-state index contributed by atoms with van der Waals surface area (Å²) in [6, 6.07) is 0. The summed E-state index contributed by atoms with van der Waals surface area (Å²) in [5, 5.41) is 15.0. The molecule has 0 spiro atoms. The number of carboxylic acids is 1. The molecule has 7 heteroatoms. The van der Waals surface area contributed by atoms with E-state index in [1.807, 2.05) is 0 Å². The molecule has 0 unspecified atom stereocenters. The quantitative estimate of drug-likeness (QED) is 0.498. The Balaban J connectivity index is 0.00000120. The Morgan fingerprint density at radius 1 is 1.44 bits per heavy atom. The number of hydrogen-bond acceptors (Lipinski definition) is 5. The second kappa shape index (κ2) is 5.18. The Labute approximate surface area is 146 Å². The Morgan fingerprint density at radius 2 is 2.22 bits per heavy atom. The largest absolute Gasteiger partial charge is 1.00 e. The summed E-state index contributed by atoms with van der Waals surface area (Å²) in [5.74, 6) is -1.24. The number of carboxylic acid groups (broad SMARTS) is 1. The van der Waals surface area contributed by atoms with E-state index in [0.717, 1.165) is 23.4 Å². The Hall–Kier alpha value is -0.604. The van der Waals surface area contributed by atoms with Gasteiger partial charge in [-0.1, -0.05) is 0 Å². The molecule has 6 nitrogen and oxygen atoms in total. The minimum absolute atomic E-state index is 0. The molecule has 3 rings (SSSR count). The van der Waals surface area contributed by atoms with Gasteiger partial charge in [0.05, 0.1) is 17.4 Å². The first-order valence-corrected chi connectivity index (χ1v) is 5.25. The van der Waals surface area contributed by atoms with Crippen molar-refractivity contribution in [3.63, 3.8) is 0 Å². The molecule has 1 aliphatic rings. The fraction of sp³-hybridized carbons (Fsp3) is 0.273. The van der Waals surface area contributed by atoms with E-state index in [1.54, 1.807) is 17.9 Å². The molecule has 2 heterocycles. The predicted molar refractivity (Wildman–Crippen MR) is 56.0 cm³/mol. The third kappa shape index (κ3) is 2.06. The molecule has 2 aromatic rings. The van der Waals surface area contributed by atoms with E-state index in [1.165, 1.54) is 6.33 Å². The zero-order chi connectivity index (χ0) is 12.0. The summed E-state index contributed by atoms with van der Waals surface area (Å²) in [4.78, 5) is 19.2. The molecular weight excluding hydrogens is 259 g/mol. The number of carbonyl (C=O) groups excluding carboxylic acids is 1. The van der Waals surface area contributed by atoms with E-state index in [0.29, 0.717) is 12.0 Å². The third-order valence-corrected chi connectivity index (χ3v) is 3.00. The average Bonchev–Trinajstić information content (AvgIpc) is 2.67. The van der Waals surface area contributed by atoms with Gasteiger partial charge in [-0.3, -0.25) is 4.68 Å². The average molecular weight is 268 g/mol. The molecule has 2 aromatic heterocycles. The topological polar surface area (TPSA) is 83.7 Å². The van der Waals surface area contributed by atoms with Crippen LogP contribution in [0, 0.1) is 0 Å². The number of fused-ring (bicyclic) bond motifs is 3. The first-order chi connectivity index (χ1) is 8.18. The van der Waals surface area contributed by atoms with Gasteiger partial charge in [-0.2, -0.15) is 5.10 Å². The Morgan fingerprint density at radius 3 is 2.94 bits per heavy atom. The zero-order valence-electron chi connectivity index (χ0n) is 10.2. The monoisotopic (exact) mass is 268 g/mol. The fourth-order valence-electron chi connectivity index (χ4n) is 2.28. The molecule has 0 bridgehead atoms. The van der Waals surface area contributed by atoms with Crippen LogP contribution >= 0.6 is 0 Å². The summed E-state index contributed by atoms with van der Waals surface area (Å²) in [7, 11) is 1.71. The SMILES string of the molecule is Cn1nc(C(=O)[O-])c2c1-c1ncncc1CC2.[K+]. The number of aromatic nitrogens is 4. The van der Waals surface area contributed by atoms with Crippen molar-refractivity contribution in [3.8, 4) is 11.4 Å². The predicted octanol–water partition coefficient (Wildman–Crippen LogP) is -3.66. The van der Waals surface area contributed by atoms with Crippen LogP contribution in [0.25, 0.3) is 11.4 Å². The van der Waals surface area contributed by atoms with E-state index in [-0.39, 0.29) is 57.1 Å². The summed E-state index contributed by atoms with van der Waals surface area (Å²) in [6.45, 7) is 0. The van der Waals surface area contributed by atoms with Gasteiger partial charge < -0.3 is 9.90 Å². The molecule has 0 saturated carbocycles. The van der Waals surface area contributed by atoms with Crippen LogP contribution in [0.4, 0.5) is 0 Å². The molecule has 0 N–H and O–H groups in total. The van der Waals surface area contributed by atoms with E-state index in [9.17, 15) is 9.90 Å². The Kier molecular flexibility index (Phi) is 3.98. The van der Waals surface area contributed by atoms with Gasteiger partial charge in [0.15, 0.2) is 0 Å². The molecule has 1 aliphatic carbocycles. The Bertz CT molecular complexity index is 624. The molecule has 0 radical (unpaired) electrons. The maximum atomic E-state index is 11.0. The summed E-state index contributed by atoms with van der Waals surface area (Å²) < 4.78 is 1.55. The van der Waals surface area contributed by atoms with Crippen molar-refractivity contribution < 1.29 is 61.3 Å². The third-order valence-electron chi connectivity index (χ3n) is 3.00. The maximum absolute atomic E-state index is 11.0. The van der Waals surface area contributed by atoms with Gasteiger partial charge >= 0.3 is 51.4 Å². The molecule has 86 valence electrons. The number of hydrogen-bond donors (Lipinski definition) is 0. The van der Waals surface area contributed by atoms with Gasteiger partial charge in [0.1, 0.15) is 12.0 Å². The first kappa shape index (κ1) is 13.8. The van der Waals surface area contributed by atoms with Gasteiger partial charge in [0.2, 0.25) is 0 Å². The normalized spacial score (nSPS) is 12.3. The van der Waals surface area contributed by atoms with E-state index in [4.69, 9.17) is 0 Å². The molecule has 0 aliphatic heterocycles. The summed E-state index contributed by atoms with van der Waals surface area (Å²) in [5.41, 5.74) is 3.27. The molecule has 0 aromatic carbocycles. The first-order valence-electron chi connectivity index (χ1n) is 5.25. The van der Waals surface area contributed by atoms with Gasteiger partial charge in [0.25, 0.3) is 0 Å². The van der Waals surface area contributed by atoms with Crippen LogP contribution < -0.4 is 56.5 Å². The van der Waals surface area contributed by atoms with Crippen LogP contribution in [0.3, 0.4) is 0 Å². The van der Waals surface area contributed by atoms with Crippen molar-refractivity contribution in [3.05, 3.63) is 29.3 Å². The van der Waals surface area contributed by atoms with Crippen LogP contribution in [-0.4, -0.2) is 25.7 Å². The van der Waals surface area contributed by atoms with Crippen molar-refractivity contribution in [2.75, 3.05) is 0 Å². The van der Waals surface area contributed by atoms with Crippen molar-refractivity contribution in [2.24, 2.45) is 7.05 Å². The van der Waals surface area contributed by atoms with Crippen molar-refractivity contribution in [1.29, 1.82) is 0 Å². The molecule has 0 amide bonds. The van der Waals surface area contributed by atoms with Gasteiger partial charge in [0, 0.05) is 18.8 Å². The molecule has 0 saturated heterocycles. The van der Waals surface area contributed by atoms with Crippen LogP contribution in [0.5, 0.6) is 0 Å². The van der Waals surface area contributed by atoms with Crippen LogP contribution in [0.1, 0.15) is 21.6 Å². The molecule has 0 atom stereocenters. The van der Waals surface area contributed by atoms with E-state index >= 15 is 0 Å². The maximum Gasteiger partial charge on any atom is 1.00 e. The number of nitrogens with zero attached hydrogens (tertiary/aromatic N) is 4. The number of rotatable bonds is 1. The second-order valence-electron chi connectivity index (χ2n) is 3.98. The molecular formula is C11H9KN4O2. The van der Waals surface area contributed by atoms with Crippen LogP contribution in [-0.2, 0) is 19.9 Å². The smallest absolute Gasteiger partial charge is 0.543 e. The van der Waals surface area contributed by atoms with Crippen molar-refractivity contribution in [1.82, 2.24) is 19.7 Å². The van der Waals surface area contributed by atoms with Crippen LogP contribution in [0.2, 0.25) is 0 Å². The van der Waals surface area contributed by atoms with E-state index < -0.39 is 5.97 Å². The molecule has 18 heavy (non-hydrogen) atoms. The van der Waals surface area contributed by atoms with Gasteiger partial charge in [-0.25, -0.2) is 9.97 Å².